The van der Waals surface area contributed by atoms with Crippen LogP contribution in [0.25, 0.3) is 0 Å². The number of halogens is 2. The van der Waals surface area contributed by atoms with Gasteiger partial charge >= 0.3 is 0 Å². The minimum atomic E-state index is -0.320. The van der Waals surface area contributed by atoms with Crippen LogP contribution in [0.2, 0.25) is 5.15 Å². The Bertz CT molecular complexity index is 672. The molecule has 2 aromatic rings. The van der Waals surface area contributed by atoms with Crippen molar-refractivity contribution in [1.29, 1.82) is 5.41 Å². The third-order valence-electron chi connectivity index (χ3n) is 3.21. The van der Waals surface area contributed by atoms with Crippen LogP contribution in [0.3, 0.4) is 0 Å². The monoisotopic (exact) mass is 367 g/mol. The fraction of sp³-hybridized carbons (Fsp3) is 0.143. The molecule has 1 aliphatic rings. The van der Waals surface area contributed by atoms with E-state index in [2.05, 4.69) is 20.9 Å². The number of nitrogens with two attached hydrogens (primary N) is 1. The van der Waals surface area contributed by atoms with Gasteiger partial charge < -0.3 is 15.2 Å². The molecule has 0 radical (unpaired) electrons. The fourth-order valence-electron chi connectivity index (χ4n) is 2.31. The van der Waals surface area contributed by atoms with E-state index >= 15 is 0 Å². The second-order valence-electron chi connectivity index (χ2n) is 4.56. The lowest BCUT2D eigenvalue weighted by Crippen LogP contribution is -2.21. The van der Waals surface area contributed by atoms with Gasteiger partial charge in [0.2, 0.25) is 0 Å². The normalized spacial score (nSPS) is 15.6. The summed E-state index contributed by atoms with van der Waals surface area (Å²) in [5.74, 6) is 1.23. The van der Waals surface area contributed by atoms with E-state index in [1.807, 2.05) is 18.2 Å². The van der Waals surface area contributed by atoms with Gasteiger partial charge in [0, 0.05) is 15.6 Å². The Kier molecular flexibility index (Phi) is 3.73. The molecule has 5 nitrogen and oxygen atoms in total. The SMILES string of the molecule is N=C(N)OCC1c2cc(Br)ccc2Oc2cnc(Cl)cc21. The predicted molar refractivity (Wildman–Crippen MR) is 83.2 cm³/mol. The first-order chi connectivity index (χ1) is 10.0. The highest BCUT2D eigenvalue weighted by Gasteiger charge is 2.29. The molecule has 3 N–H and O–H groups in total. The zero-order valence-corrected chi connectivity index (χ0v) is 13.1. The molecule has 1 aliphatic heterocycles. The third-order valence-corrected chi connectivity index (χ3v) is 3.91. The van der Waals surface area contributed by atoms with Crippen LogP contribution in [-0.4, -0.2) is 17.6 Å². The van der Waals surface area contributed by atoms with Gasteiger partial charge in [-0.15, -0.1) is 0 Å². The summed E-state index contributed by atoms with van der Waals surface area (Å²) >= 11 is 9.43. The lowest BCUT2D eigenvalue weighted by atomic mass is 9.89. The molecule has 0 spiro atoms. The maximum Gasteiger partial charge on any atom is 0.279 e. The van der Waals surface area contributed by atoms with Gasteiger partial charge in [-0.05, 0) is 24.3 Å². The zero-order chi connectivity index (χ0) is 15.0. The van der Waals surface area contributed by atoms with Crippen molar-refractivity contribution in [2.45, 2.75) is 5.92 Å². The number of nitrogens with zero attached hydrogens (tertiary/aromatic N) is 1. The summed E-state index contributed by atoms with van der Waals surface area (Å²) in [5, 5.41) is 7.62. The van der Waals surface area contributed by atoms with Gasteiger partial charge in [0.05, 0.1) is 12.1 Å². The first kappa shape index (κ1) is 14.2. The van der Waals surface area contributed by atoms with E-state index < -0.39 is 0 Å². The molecule has 1 aromatic carbocycles. The summed E-state index contributed by atoms with van der Waals surface area (Å²) in [7, 11) is 0. The highest BCUT2D eigenvalue weighted by molar-refractivity contribution is 9.10. The molecule has 0 fully saturated rings. The summed E-state index contributed by atoms with van der Waals surface area (Å²) in [5.41, 5.74) is 7.10. The molecule has 21 heavy (non-hydrogen) atoms. The van der Waals surface area contributed by atoms with Gasteiger partial charge in [0.1, 0.15) is 23.3 Å². The molecule has 1 atom stereocenters. The number of benzene rings is 1. The topological polar surface area (TPSA) is 81.2 Å². The summed E-state index contributed by atoms with van der Waals surface area (Å²) in [4.78, 5) is 4.04. The largest absolute Gasteiger partial charge is 0.465 e. The van der Waals surface area contributed by atoms with Crippen molar-refractivity contribution in [2.75, 3.05) is 6.61 Å². The molecule has 7 heteroatoms. The number of rotatable bonds is 2. The van der Waals surface area contributed by atoms with Crippen LogP contribution in [-0.2, 0) is 4.74 Å². The average molecular weight is 369 g/mol. The number of aromatic nitrogens is 1. The maximum atomic E-state index is 7.24. The number of nitrogens with one attached hydrogen (secondary N) is 1. The van der Waals surface area contributed by atoms with Crippen molar-refractivity contribution < 1.29 is 9.47 Å². The Morgan fingerprint density at radius 1 is 1.38 bits per heavy atom. The van der Waals surface area contributed by atoms with Crippen LogP contribution in [0.15, 0.2) is 34.9 Å². The molecular weight excluding hydrogens is 358 g/mol. The van der Waals surface area contributed by atoms with E-state index in [0.717, 1.165) is 21.3 Å². The minimum absolute atomic E-state index is 0.134. The molecular formula is C14H11BrClN3O2. The molecule has 2 heterocycles. The molecule has 0 aliphatic carbocycles. The first-order valence-corrected chi connectivity index (χ1v) is 7.31. The van der Waals surface area contributed by atoms with Crippen LogP contribution < -0.4 is 10.5 Å². The fourth-order valence-corrected chi connectivity index (χ4v) is 2.86. The number of pyridine rings is 1. The summed E-state index contributed by atoms with van der Waals surface area (Å²) < 4.78 is 12.0. The third kappa shape index (κ3) is 2.82. The summed E-state index contributed by atoms with van der Waals surface area (Å²) in [6.45, 7) is 0.232. The van der Waals surface area contributed by atoms with E-state index in [0.29, 0.717) is 10.9 Å². The summed E-state index contributed by atoms with van der Waals surface area (Å²) in [6, 6.07) is 7.16. The molecule has 1 unspecified atom stereocenters. The van der Waals surface area contributed by atoms with Crippen LogP contribution >= 0.6 is 27.5 Å². The number of amidine groups is 1. The van der Waals surface area contributed by atoms with Crippen LogP contribution in [0.4, 0.5) is 0 Å². The van der Waals surface area contributed by atoms with Crippen molar-refractivity contribution in [1.82, 2.24) is 4.98 Å². The van der Waals surface area contributed by atoms with E-state index in [4.69, 9.17) is 32.2 Å². The van der Waals surface area contributed by atoms with Crippen molar-refractivity contribution >= 4 is 33.6 Å². The van der Waals surface area contributed by atoms with Gasteiger partial charge in [0.15, 0.2) is 0 Å². The van der Waals surface area contributed by atoms with Crippen molar-refractivity contribution in [2.24, 2.45) is 5.73 Å². The Morgan fingerprint density at radius 3 is 2.90 bits per heavy atom. The smallest absolute Gasteiger partial charge is 0.279 e. The number of ether oxygens (including phenoxy) is 2. The molecule has 0 amide bonds. The van der Waals surface area contributed by atoms with Crippen LogP contribution in [0.5, 0.6) is 11.5 Å². The van der Waals surface area contributed by atoms with Crippen LogP contribution in [0.1, 0.15) is 17.0 Å². The molecule has 0 saturated carbocycles. The van der Waals surface area contributed by atoms with Crippen molar-refractivity contribution in [3.63, 3.8) is 0 Å². The summed E-state index contributed by atoms with van der Waals surface area (Å²) in [6.07, 6.45) is 1.59. The zero-order valence-electron chi connectivity index (χ0n) is 10.8. The van der Waals surface area contributed by atoms with Crippen LogP contribution in [0, 0.1) is 5.41 Å². The Labute approximate surface area is 134 Å². The number of fused-ring (bicyclic) bond motifs is 2. The molecule has 3 rings (SSSR count). The Balaban J connectivity index is 2.09. The first-order valence-electron chi connectivity index (χ1n) is 6.14. The van der Waals surface area contributed by atoms with E-state index in [1.165, 1.54) is 0 Å². The quantitative estimate of drug-likeness (QED) is 0.482. The van der Waals surface area contributed by atoms with Crippen molar-refractivity contribution in [3.8, 4) is 11.5 Å². The predicted octanol–water partition coefficient (Wildman–Crippen LogP) is 3.65. The Hall–Kier alpha value is -1.79. The number of hydrogen-bond donors (Lipinski definition) is 2. The minimum Gasteiger partial charge on any atom is -0.465 e. The molecule has 0 saturated heterocycles. The highest BCUT2D eigenvalue weighted by atomic mass is 79.9. The van der Waals surface area contributed by atoms with Gasteiger partial charge in [0.25, 0.3) is 6.02 Å². The van der Waals surface area contributed by atoms with Crippen molar-refractivity contribution in [3.05, 3.63) is 51.2 Å². The molecule has 108 valence electrons. The van der Waals surface area contributed by atoms with Gasteiger partial charge in [-0.3, -0.25) is 5.41 Å². The maximum absolute atomic E-state index is 7.24. The highest BCUT2D eigenvalue weighted by Crippen LogP contribution is 2.45. The lowest BCUT2D eigenvalue weighted by Gasteiger charge is -2.28. The molecule has 0 bridgehead atoms. The average Bonchev–Trinajstić information content (AvgIpc) is 2.44. The molecule has 1 aromatic heterocycles. The van der Waals surface area contributed by atoms with Gasteiger partial charge in [-0.1, -0.05) is 27.5 Å². The standard InChI is InChI=1S/C14H11BrClN3O2/c15-7-1-2-11-8(3-7)10(6-20-14(17)18)9-4-13(16)19-5-12(9)21-11/h1-5,10H,6H2,(H3,17,18). The second-order valence-corrected chi connectivity index (χ2v) is 5.86. The number of hydrogen-bond acceptors (Lipinski definition) is 4. The second kappa shape index (κ2) is 5.54. The lowest BCUT2D eigenvalue weighted by molar-refractivity contribution is 0.274. The Morgan fingerprint density at radius 2 is 2.14 bits per heavy atom. The van der Waals surface area contributed by atoms with E-state index in [1.54, 1.807) is 12.3 Å². The van der Waals surface area contributed by atoms with Gasteiger partial charge in [-0.2, -0.15) is 0 Å². The van der Waals surface area contributed by atoms with Gasteiger partial charge in [-0.25, -0.2) is 4.98 Å². The van der Waals surface area contributed by atoms with E-state index in [-0.39, 0.29) is 18.5 Å². The van der Waals surface area contributed by atoms with E-state index in [9.17, 15) is 0 Å².